The molecule has 23 heavy (non-hydrogen) atoms. The zero-order chi connectivity index (χ0) is 15.9. The lowest BCUT2D eigenvalue weighted by molar-refractivity contribution is -0.0716. The van der Waals surface area contributed by atoms with Gasteiger partial charge in [-0.3, -0.25) is 0 Å². The summed E-state index contributed by atoms with van der Waals surface area (Å²) in [6, 6.07) is 5.02. The van der Waals surface area contributed by atoms with Gasteiger partial charge in [0.05, 0.1) is 0 Å². The molecule has 2 N–H and O–H groups in total. The van der Waals surface area contributed by atoms with Crippen molar-refractivity contribution in [3.05, 3.63) is 30.2 Å². The van der Waals surface area contributed by atoms with Gasteiger partial charge in [-0.25, -0.2) is 4.79 Å². The lowest BCUT2D eigenvalue weighted by atomic mass is 10.2. The van der Waals surface area contributed by atoms with Crippen LogP contribution in [0.2, 0.25) is 0 Å². The van der Waals surface area contributed by atoms with E-state index in [1.54, 1.807) is 19.1 Å². The summed E-state index contributed by atoms with van der Waals surface area (Å²) in [5.74, 6) is 0.904. The topological polar surface area (TPSA) is 85.6 Å². The molecule has 1 aliphatic carbocycles. The minimum atomic E-state index is -0.497. The van der Waals surface area contributed by atoms with Gasteiger partial charge in [-0.1, -0.05) is 5.16 Å². The molecule has 1 aliphatic heterocycles. The van der Waals surface area contributed by atoms with Gasteiger partial charge in [-0.05, 0) is 31.9 Å². The lowest BCUT2D eigenvalue weighted by Gasteiger charge is -2.21. The van der Waals surface area contributed by atoms with Crippen molar-refractivity contribution in [2.45, 2.75) is 38.4 Å². The highest BCUT2D eigenvalue weighted by Crippen LogP contribution is 2.47. The van der Waals surface area contributed by atoms with Gasteiger partial charge >= 0.3 is 6.03 Å². The molecule has 2 amide bonds. The number of fused-ring (bicyclic) bond motifs is 1. The first-order valence-corrected chi connectivity index (χ1v) is 7.65. The van der Waals surface area contributed by atoms with Crippen LogP contribution in [0, 0.1) is 6.92 Å². The molecule has 2 heterocycles. The second-order valence-electron chi connectivity index (χ2n) is 5.88. The molecular formula is C16H17N3O4. The van der Waals surface area contributed by atoms with Gasteiger partial charge in [-0.15, -0.1) is 0 Å². The minimum absolute atomic E-state index is 0.370. The number of aromatic nitrogens is 1. The van der Waals surface area contributed by atoms with E-state index < -0.39 is 5.79 Å². The molecule has 1 aromatic heterocycles. The Labute approximate surface area is 132 Å². The number of nitrogens with one attached hydrogen (secondary N) is 2. The van der Waals surface area contributed by atoms with Crippen molar-refractivity contribution in [2.24, 2.45) is 0 Å². The van der Waals surface area contributed by atoms with Crippen LogP contribution in [-0.2, 0) is 0 Å². The maximum atomic E-state index is 12.0. The van der Waals surface area contributed by atoms with Crippen molar-refractivity contribution < 1.29 is 18.8 Å². The Balaban J connectivity index is 1.45. The Morgan fingerprint density at radius 3 is 2.70 bits per heavy atom. The molecule has 0 unspecified atom stereocenters. The van der Waals surface area contributed by atoms with Gasteiger partial charge in [0.1, 0.15) is 17.6 Å². The van der Waals surface area contributed by atoms with E-state index in [-0.39, 0.29) is 6.03 Å². The van der Waals surface area contributed by atoms with Crippen LogP contribution in [0.3, 0.4) is 0 Å². The normalized spacial score (nSPS) is 17.4. The van der Waals surface area contributed by atoms with E-state index in [0.717, 1.165) is 31.4 Å². The molecule has 0 radical (unpaired) electrons. The molecule has 7 nitrogen and oxygen atoms in total. The standard InChI is InChI=1S/C16H17N3O4/c1-10-12(9-21-19-10)18-15(20)17-11-4-5-13-14(8-11)23-16(22-13)6-2-3-7-16/h4-5,8-9H,2-3,6-7H2,1H3,(H2,17,18,20). The number of aryl methyl sites for hydroxylation is 1. The van der Waals surface area contributed by atoms with Crippen molar-refractivity contribution in [1.29, 1.82) is 0 Å². The Bertz CT molecular complexity index is 750. The van der Waals surface area contributed by atoms with E-state index in [2.05, 4.69) is 15.8 Å². The van der Waals surface area contributed by atoms with Crippen LogP contribution in [0.4, 0.5) is 16.2 Å². The summed E-state index contributed by atoms with van der Waals surface area (Å²) in [5.41, 5.74) is 1.79. The van der Waals surface area contributed by atoms with Gasteiger partial charge in [0.25, 0.3) is 5.79 Å². The van der Waals surface area contributed by atoms with Crippen LogP contribution >= 0.6 is 0 Å². The fourth-order valence-corrected chi connectivity index (χ4v) is 2.99. The Kier molecular flexibility index (Phi) is 3.14. The molecule has 0 saturated heterocycles. The zero-order valence-corrected chi connectivity index (χ0v) is 12.7. The minimum Gasteiger partial charge on any atom is -0.448 e. The maximum Gasteiger partial charge on any atom is 0.323 e. The fraction of sp³-hybridized carbons (Fsp3) is 0.375. The van der Waals surface area contributed by atoms with Crippen LogP contribution < -0.4 is 20.1 Å². The number of carbonyl (C=O) groups is 1. The number of hydrogen-bond donors (Lipinski definition) is 2. The van der Waals surface area contributed by atoms with E-state index in [0.29, 0.717) is 22.8 Å². The quantitative estimate of drug-likeness (QED) is 0.883. The first kappa shape index (κ1) is 13.9. The number of anilines is 2. The third-order valence-corrected chi connectivity index (χ3v) is 4.16. The summed E-state index contributed by atoms with van der Waals surface area (Å²) in [5, 5.41) is 9.15. The van der Waals surface area contributed by atoms with Crippen LogP contribution in [0.5, 0.6) is 11.5 Å². The number of ether oxygens (including phenoxy) is 2. The molecular weight excluding hydrogens is 298 g/mol. The van der Waals surface area contributed by atoms with Gasteiger partial charge in [0.15, 0.2) is 11.5 Å². The van der Waals surface area contributed by atoms with Crippen LogP contribution in [0.15, 0.2) is 29.0 Å². The molecule has 4 rings (SSSR count). The summed E-state index contributed by atoms with van der Waals surface area (Å²) in [6.45, 7) is 1.75. The highest BCUT2D eigenvalue weighted by Gasteiger charge is 2.44. The molecule has 1 fully saturated rings. The Hall–Kier alpha value is -2.70. The summed E-state index contributed by atoms with van der Waals surface area (Å²) >= 11 is 0. The number of urea groups is 1. The number of amides is 2. The van der Waals surface area contributed by atoms with Crippen LogP contribution in [-0.4, -0.2) is 17.0 Å². The van der Waals surface area contributed by atoms with Gasteiger partial charge in [0, 0.05) is 24.6 Å². The first-order chi connectivity index (χ1) is 11.1. The van der Waals surface area contributed by atoms with E-state index in [9.17, 15) is 4.79 Å². The van der Waals surface area contributed by atoms with E-state index in [1.807, 2.05) is 6.07 Å². The first-order valence-electron chi connectivity index (χ1n) is 7.65. The second-order valence-corrected chi connectivity index (χ2v) is 5.88. The van der Waals surface area contributed by atoms with Crippen molar-refractivity contribution in [3.63, 3.8) is 0 Å². The van der Waals surface area contributed by atoms with Crippen LogP contribution in [0.1, 0.15) is 31.4 Å². The predicted molar refractivity (Wildman–Crippen MR) is 82.8 cm³/mol. The number of carbonyl (C=O) groups excluding carboxylic acids is 1. The van der Waals surface area contributed by atoms with E-state index in [4.69, 9.17) is 14.0 Å². The number of hydrogen-bond acceptors (Lipinski definition) is 5. The summed E-state index contributed by atoms with van der Waals surface area (Å²) < 4.78 is 16.7. The van der Waals surface area contributed by atoms with Crippen molar-refractivity contribution in [1.82, 2.24) is 5.16 Å². The SMILES string of the molecule is Cc1nocc1NC(=O)Nc1ccc2c(c1)OC1(CCCC1)O2. The molecule has 120 valence electrons. The number of nitrogens with zero attached hydrogens (tertiary/aromatic N) is 1. The predicted octanol–water partition coefficient (Wildman–Crippen LogP) is 3.67. The monoisotopic (exact) mass is 315 g/mol. The fourth-order valence-electron chi connectivity index (χ4n) is 2.99. The van der Waals surface area contributed by atoms with Gasteiger partial charge < -0.3 is 24.6 Å². The molecule has 2 aromatic rings. The molecule has 1 saturated carbocycles. The smallest absolute Gasteiger partial charge is 0.323 e. The summed E-state index contributed by atoms with van der Waals surface area (Å²) in [4.78, 5) is 12.0. The van der Waals surface area contributed by atoms with E-state index in [1.165, 1.54) is 6.26 Å². The number of benzene rings is 1. The number of rotatable bonds is 2. The molecule has 1 aromatic carbocycles. The average Bonchev–Trinajstić information content (AvgIpc) is 3.21. The largest absolute Gasteiger partial charge is 0.448 e. The highest BCUT2D eigenvalue weighted by atomic mass is 16.7. The van der Waals surface area contributed by atoms with Gasteiger partial charge in [-0.2, -0.15) is 0 Å². The van der Waals surface area contributed by atoms with Crippen molar-refractivity contribution >= 4 is 17.4 Å². The van der Waals surface area contributed by atoms with Crippen molar-refractivity contribution in [2.75, 3.05) is 10.6 Å². The van der Waals surface area contributed by atoms with Crippen LogP contribution in [0.25, 0.3) is 0 Å². The van der Waals surface area contributed by atoms with E-state index >= 15 is 0 Å². The average molecular weight is 315 g/mol. The van der Waals surface area contributed by atoms with Gasteiger partial charge in [0.2, 0.25) is 0 Å². The Morgan fingerprint density at radius 2 is 1.96 bits per heavy atom. The Morgan fingerprint density at radius 1 is 1.17 bits per heavy atom. The third-order valence-electron chi connectivity index (χ3n) is 4.16. The third kappa shape index (κ3) is 2.58. The second kappa shape index (κ2) is 5.19. The molecule has 0 atom stereocenters. The molecule has 0 bridgehead atoms. The lowest BCUT2D eigenvalue weighted by Crippen LogP contribution is -2.34. The highest BCUT2D eigenvalue weighted by molar-refractivity contribution is 6.00. The summed E-state index contributed by atoms with van der Waals surface area (Å²) in [6.07, 6.45) is 5.41. The summed E-state index contributed by atoms with van der Waals surface area (Å²) in [7, 11) is 0. The molecule has 1 spiro atoms. The molecule has 7 heteroatoms. The molecule has 2 aliphatic rings. The van der Waals surface area contributed by atoms with Crippen molar-refractivity contribution in [3.8, 4) is 11.5 Å². The maximum absolute atomic E-state index is 12.0. The zero-order valence-electron chi connectivity index (χ0n) is 12.7.